The predicted molar refractivity (Wildman–Crippen MR) is 121 cm³/mol. The van der Waals surface area contributed by atoms with Crippen molar-refractivity contribution in [1.82, 2.24) is 19.6 Å². The van der Waals surface area contributed by atoms with E-state index in [2.05, 4.69) is 26.5 Å². The molecule has 0 aliphatic rings. The topological polar surface area (TPSA) is 101 Å². The summed E-state index contributed by atoms with van der Waals surface area (Å²) in [7, 11) is 1.36. The number of hydrogen-bond acceptors (Lipinski definition) is 6. The molecule has 0 saturated heterocycles. The highest BCUT2D eigenvalue weighted by molar-refractivity contribution is 7.03. The van der Waals surface area contributed by atoms with E-state index in [0.29, 0.717) is 11.5 Å². The fourth-order valence-electron chi connectivity index (χ4n) is 3.57. The fraction of sp³-hybridized carbons (Fsp3) is 0.217. The standard InChI is InChI=1S/C23H22N4O3S/c1-3-4-9-18-19(20(26-25-18)22(28)30-2)15-12-10-14(11-13-15)16-7-5-6-8-17(16)21-24-23(29)31-27-21/h5-8,10-13H,3-4,9H2,1-2H3,(H,25,26)(H,24,27,29). The van der Waals surface area contributed by atoms with E-state index in [1.54, 1.807) is 0 Å². The van der Waals surface area contributed by atoms with Crippen LogP contribution in [-0.4, -0.2) is 32.6 Å². The van der Waals surface area contributed by atoms with Gasteiger partial charge in [-0.05, 0) is 29.5 Å². The highest BCUT2D eigenvalue weighted by Gasteiger charge is 2.21. The van der Waals surface area contributed by atoms with Gasteiger partial charge in [0.2, 0.25) is 0 Å². The van der Waals surface area contributed by atoms with E-state index in [4.69, 9.17) is 4.74 Å². The van der Waals surface area contributed by atoms with Crippen LogP contribution in [0.15, 0.2) is 53.3 Å². The number of ether oxygens (including phenoxy) is 1. The van der Waals surface area contributed by atoms with Crippen LogP contribution in [-0.2, 0) is 11.2 Å². The van der Waals surface area contributed by atoms with E-state index in [0.717, 1.165) is 64.3 Å². The van der Waals surface area contributed by atoms with Crippen molar-refractivity contribution >= 4 is 17.5 Å². The van der Waals surface area contributed by atoms with Crippen molar-refractivity contribution in [2.45, 2.75) is 26.2 Å². The molecule has 8 heteroatoms. The molecule has 0 spiro atoms. The summed E-state index contributed by atoms with van der Waals surface area (Å²) in [4.78, 5) is 26.4. The number of nitrogens with one attached hydrogen (secondary N) is 2. The molecule has 0 bridgehead atoms. The molecule has 0 saturated carbocycles. The van der Waals surface area contributed by atoms with Gasteiger partial charge in [-0.3, -0.25) is 14.9 Å². The SMILES string of the molecule is CCCCc1[nH]nc(C(=O)OC)c1-c1ccc(-c2ccccc2-c2nsc(=O)[nH]2)cc1. The molecule has 2 heterocycles. The van der Waals surface area contributed by atoms with Gasteiger partial charge in [0.1, 0.15) is 0 Å². The summed E-state index contributed by atoms with van der Waals surface area (Å²) in [6, 6.07) is 15.7. The lowest BCUT2D eigenvalue weighted by molar-refractivity contribution is 0.0595. The molecule has 2 aromatic heterocycles. The Hall–Kier alpha value is -3.52. The summed E-state index contributed by atoms with van der Waals surface area (Å²) in [6.45, 7) is 2.12. The molecule has 4 rings (SSSR count). The summed E-state index contributed by atoms with van der Waals surface area (Å²) in [5.41, 5.74) is 5.69. The molecular formula is C23H22N4O3S. The molecule has 4 aromatic rings. The van der Waals surface area contributed by atoms with Gasteiger partial charge in [-0.15, -0.1) is 0 Å². The fourth-order valence-corrected chi connectivity index (χ4v) is 4.03. The summed E-state index contributed by atoms with van der Waals surface area (Å²) < 4.78 is 9.14. The lowest BCUT2D eigenvalue weighted by Gasteiger charge is -2.10. The van der Waals surface area contributed by atoms with Crippen molar-refractivity contribution in [1.29, 1.82) is 0 Å². The third kappa shape index (κ3) is 4.20. The van der Waals surface area contributed by atoms with Crippen LogP contribution in [0.1, 0.15) is 35.9 Å². The highest BCUT2D eigenvalue weighted by Crippen LogP contribution is 2.33. The summed E-state index contributed by atoms with van der Waals surface area (Å²) in [5, 5.41) is 7.22. The number of esters is 1. The maximum Gasteiger partial charge on any atom is 0.359 e. The molecule has 0 atom stereocenters. The zero-order valence-electron chi connectivity index (χ0n) is 17.3. The average molecular weight is 435 g/mol. The van der Waals surface area contributed by atoms with Gasteiger partial charge in [0, 0.05) is 28.4 Å². The molecule has 31 heavy (non-hydrogen) atoms. The van der Waals surface area contributed by atoms with Crippen LogP contribution in [0.25, 0.3) is 33.6 Å². The minimum Gasteiger partial charge on any atom is -0.464 e. The molecule has 7 nitrogen and oxygen atoms in total. The third-order valence-electron chi connectivity index (χ3n) is 5.11. The van der Waals surface area contributed by atoms with Crippen LogP contribution < -0.4 is 4.87 Å². The second-order valence-electron chi connectivity index (χ2n) is 7.09. The van der Waals surface area contributed by atoms with Crippen LogP contribution in [0, 0.1) is 0 Å². The molecule has 0 unspecified atom stereocenters. The van der Waals surface area contributed by atoms with Gasteiger partial charge in [-0.25, -0.2) is 4.79 Å². The first-order valence-electron chi connectivity index (χ1n) is 10.0. The van der Waals surface area contributed by atoms with E-state index in [-0.39, 0.29) is 4.87 Å². The second kappa shape index (κ2) is 9.09. The van der Waals surface area contributed by atoms with E-state index in [1.165, 1.54) is 7.11 Å². The lowest BCUT2D eigenvalue weighted by Crippen LogP contribution is -2.04. The number of hydrogen-bond donors (Lipinski definition) is 2. The van der Waals surface area contributed by atoms with Crippen molar-refractivity contribution < 1.29 is 9.53 Å². The van der Waals surface area contributed by atoms with Gasteiger partial charge in [-0.1, -0.05) is 61.9 Å². The van der Waals surface area contributed by atoms with Crippen molar-refractivity contribution in [2.24, 2.45) is 0 Å². The monoisotopic (exact) mass is 434 g/mol. The Labute approximate surface area is 183 Å². The highest BCUT2D eigenvalue weighted by atomic mass is 32.1. The zero-order chi connectivity index (χ0) is 21.8. The Balaban J connectivity index is 1.75. The number of aryl methyl sites for hydroxylation is 1. The van der Waals surface area contributed by atoms with Crippen LogP contribution in [0.3, 0.4) is 0 Å². The zero-order valence-corrected chi connectivity index (χ0v) is 18.1. The number of carbonyl (C=O) groups is 1. The van der Waals surface area contributed by atoms with Crippen LogP contribution in [0.4, 0.5) is 0 Å². The molecule has 0 aliphatic heterocycles. The van der Waals surface area contributed by atoms with Gasteiger partial charge in [0.15, 0.2) is 11.5 Å². The predicted octanol–water partition coefficient (Wildman–Crippen LogP) is 4.68. The third-order valence-corrected chi connectivity index (χ3v) is 5.65. The Morgan fingerprint density at radius 2 is 1.77 bits per heavy atom. The Bertz CT molecular complexity index is 1250. The van der Waals surface area contributed by atoms with Gasteiger partial charge in [-0.2, -0.15) is 9.47 Å². The molecule has 0 radical (unpaired) electrons. The lowest BCUT2D eigenvalue weighted by atomic mass is 9.95. The number of methoxy groups -OCH3 is 1. The smallest absolute Gasteiger partial charge is 0.359 e. The summed E-state index contributed by atoms with van der Waals surface area (Å²) >= 11 is 0.903. The first kappa shape index (κ1) is 20.7. The van der Waals surface area contributed by atoms with E-state index in [9.17, 15) is 9.59 Å². The van der Waals surface area contributed by atoms with E-state index < -0.39 is 5.97 Å². The van der Waals surface area contributed by atoms with Crippen LogP contribution in [0.2, 0.25) is 0 Å². The van der Waals surface area contributed by atoms with Gasteiger partial charge in [0.05, 0.1) is 7.11 Å². The maximum absolute atomic E-state index is 12.2. The first-order valence-corrected chi connectivity index (χ1v) is 10.8. The van der Waals surface area contributed by atoms with Gasteiger partial charge >= 0.3 is 10.8 Å². The number of aromatic amines is 2. The molecule has 2 aromatic carbocycles. The molecule has 0 fully saturated rings. The van der Waals surface area contributed by atoms with Crippen molar-refractivity contribution in [3.05, 3.63) is 69.6 Å². The van der Waals surface area contributed by atoms with Crippen molar-refractivity contribution in [3.63, 3.8) is 0 Å². The van der Waals surface area contributed by atoms with E-state index in [1.807, 2.05) is 48.5 Å². The molecular weight excluding hydrogens is 412 g/mol. The van der Waals surface area contributed by atoms with Crippen LogP contribution in [0.5, 0.6) is 0 Å². The molecule has 0 amide bonds. The number of rotatable bonds is 7. The number of nitrogens with zero attached hydrogens (tertiary/aromatic N) is 2. The minimum absolute atomic E-state index is 0.185. The van der Waals surface area contributed by atoms with Crippen LogP contribution >= 0.6 is 11.5 Å². The molecule has 158 valence electrons. The maximum atomic E-state index is 12.2. The second-order valence-corrected chi connectivity index (χ2v) is 7.82. The quantitative estimate of drug-likeness (QED) is 0.411. The van der Waals surface area contributed by atoms with Gasteiger partial charge in [0.25, 0.3) is 0 Å². The normalized spacial score (nSPS) is 10.9. The van der Waals surface area contributed by atoms with Crippen molar-refractivity contribution in [3.8, 4) is 33.6 Å². The molecule has 0 aliphatic carbocycles. The van der Waals surface area contributed by atoms with Crippen molar-refractivity contribution in [2.75, 3.05) is 7.11 Å². The average Bonchev–Trinajstić information content (AvgIpc) is 3.43. The number of H-pyrrole nitrogens is 2. The first-order chi connectivity index (χ1) is 15.1. The minimum atomic E-state index is -0.462. The van der Waals surface area contributed by atoms with Gasteiger partial charge < -0.3 is 4.74 Å². The number of benzene rings is 2. The Morgan fingerprint density at radius 1 is 1.06 bits per heavy atom. The summed E-state index contributed by atoms with van der Waals surface area (Å²) in [6.07, 6.45) is 2.84. The Morgan fingerprint density at radius 3 is 2.42 bits per heavy atom. The number of carbonyl (C=O) groups excluding carboxylic acids is 1. The Kier molecular flexibility index (Phi) is 6.08. The summed E-state index contributed by atoms with van der Waals surface area (Å²) in [5.74, 6) is 0.0928. The van der Waals surface area contributed by atoms with E-state index >= 15 is 0 Å². The number of unbranched alkanes of at least 4 members (excludes halogenated alkanes) is 1. The largest absolute Gasteiger partial charge is 0.464 e. The number of aromatic nitrogens is 4. The molecule has 2 N–H and O–H groups in total.